The van der Waals surface area contributed by atoms with Crippen LogP contribution in [0.4, 0.5) is 0 Å². The lowest BCUT2D eigenvalue weighted by Gasteiger charge is -2.30. The smallest absolute Gasteiger partial charge is 0.254 e. The number of hydrogen-bond acceptors (Lipinski definition) is 4. The Morgan fingerprint density at radius 2 is 1.80 bits per heavy atom. The number of nitrogens with zero attached hydrogens (tertiary/aromatic N) is 2. The van der Waals surface area contributed by atoms with Crippen molar-refractivity contribution in [2.45, 2.75) is 58.8 Å². The van der Waals surface area contributed by atoms with E-state index in [0.717, 1.165) is 0 Å². The van der Waals surface area contributed by atoms with Crippen LogP contribution in [0.2, 0.25) is 0 Å². The summed E-state index contributed by atoms with van der Waals surface area (Å²) in [5.41, 5.74) is 1.18. The third kappa shape index (κ3) is 4.10. The van der Waals surface area contributed by atoms with E-state index in [4.69, 9.17) is 0 Å². The van der Waals surface area contributed by atoms with E-state index < -0.39 is 0 Å². The van der Waals surface area contributed by atoms with Gasteiger partial charge in [0.25, 0.3) is 5.56 Å². The molecule has 0 saturated carbocycles. The summed E-state index contributed by atoms with van der Waals surface area (Å²) in [4.78, 5) is 32.7. The van der Waals surface area contributed by atoms with Crippen molar-refractivity contribution in [2.24, 2.45) is 0 Å². The molecule has 0 aliphatic rings. The minimum Gasteiger partial charge on any atom is -0.337 e. The SMILES string of the molecule is Cc1nc(SCC(=O)N(C(C)C)C(C)C)[nH]c(=O)c1C. The van der Waals surface area contributed by atoms with Crippen LogP contribution in [0.3, 0.4) is 0 Å². The Kier molecular flexibility index (Phi) is 5.80. The minimum absolute atomic E-state index is 0.0564. The zero-order valence-electron chi connectivity index (χ0n) is 13.0. The molecule has 0 spiro atoms. The number of carbonyl (C=O) groups is 1. The number of aromatic amines is 1. The first-order valence-electron chi connectivity index (χ1n) is 6.75. The van der Waals surface area contributed by atoms with Gasteiger partial charge in [-0.05, 0) is 41.5 Å². The molecule has 0 atom stereocenters. The fourth-order valence-electron chi connectivity index (χ4n) is 2.06. The average Bonchev–Trinajstić information content (AvgIpc) is 2.32. The summed E-state index contributed by atoms with van der Waals surface area (Å²) in [6.45, 7) is 11.5. The van der Waals surface area contributed by atoms with E-state index in [1.54, 1.807) is 13.8 Å². The molecule has 0 radical (unpaired) electrons. The molecule has 0 aliphatic heterocycles. The highest BCUT2D eigenvalue weighted by molar-refractivity contribution is 7.99. The number of aryl methyl sites for hydroxylation is 1. The van der Waals surface area contributed by atoms with E-state index in [-0.39, 0.29) is 29.3 Å². The number of hydrogen-bond donors (Lipinski definition) is 1. The molecule has 1 rings (SSSR count). The zero-order valence-corrected chi connectivity index (χ0v) is 13.8. The van der Waals surface area contributed by atoms with Crippen LogP contribution in [0, 0.1) is 13.8 Å². The Labute approximate surface area is 124 Å². The van der Waals surface area contributed by atoms with Gasteiger partial charge in [-0.3, -0.25) is 9.59 Å². The molecule has 0 bridgehead atoms. The number of nitrogens with one attached hydrogen (secondary N) is 1. The van der Waals surface area contributed by atoms with Gasteiger partial charge in [-0.15, -0.1) is 0 Å². The third-order valence-electron chi connectivity index (χ3n) is 3.11. The van der Waals surface area contributed by atoms with Crippen LogP contribution in [-0.4, -0.2) is 38.6 Å². The largest absolute Gasteiger partial charge is 0.337 e. The average molecular weight is 297 g/mol. The Morgan fingerprint density at radius 3 is 2.25 bits per heavy atom. The van der Waals surface area contributed by atoms with Crippen molar-refractivity contribution in [3.63, 3.8) is 0 Å². The fourth-order valence-corrected chi connectivity index (χ4v) is 2.84. The zero-order chi connectivity index (χ0) is 15.4. The lowest BCUT2D eigenvalue weighted by Crippen LogP contribution is -2.43. The predicted octanol–water partition coefficient (Wildman–Crippen LogP) is 2.12. The summed E-state index contributed by atoms with van der Waals surface area (Å²) < 4.78 is 0. The van der Waals surface area contributed by atoms with Crippen molar-refractivity contribution in [3.05, 3.63) is 21.6 Å². The van der Waals surface area contributed by atoms with Gasteiger partial charge in [-0.25, -0.2) is 4.98 Å². The van der Waals surface area contributed by atoms with Gasteiger partial charge in [0, 0.05) is 23.3 Å². The van der Waals surface area contributed by atoms with Crippen LogP contribution in [-0.2, 0) is 4.79 Å². The summed E-state index contributed by atoms with van der Waals surface area (Å²) in [6.07, 6.45) is 0. The summed E-state index contributed by atoms with van der Waals surface area (Å²) in [5.74, 6) is 0.336. The van der Waals surface area contributed by atoms with Gasteiger partial charge in [0.2, 0.25) is 5.91 Å². The molecule has 20 heavy (non-hydrogen) atoms. The molecule has 1 amide bonds. The van der Waals surface area contributed by atoms with E-state index in [2.05, 4.69) is 9.97 Å². The Hall–Kier alpha value is -1.30. The van der Waals surface area contributed by atoms with Gasteiger partial charge in [0.1, 0.15) is 0 Å². The third-order valence-corrected chi connectivity index (χ3v) is 3.96. The van der Waals surface area contributed by atoms with Crippen LogP contribution < -0.4 is 5.56 Å². The van der Waals surface area contributed by atoms with Gasteiger partial charge in [-0.1, -0.05) is 11.8 Å². The number of aromatic nitrogens is 2. The van der Waals surface area contributed by atoms with Crippen LogP contribution in [0.25, 0.3) is 0 Å². The van der Waals surface area contributed by atoms with Gasteiger partial charge in [0.05, 0.1) is 5.75 Å². The number of amides is 1. The molecule has 0 aliphatic carbocycles. The predicted molar refractivity (Wildman–Crippen MR) is 82.2 cm³/mol. The van der Waals surface area contributed by atoms with Gasteiger partial charge in [-0.2, -0.15) is 0 Å². The van der Waals surface area contributed by atoms with E-state index in [9.17, 15) is 9.59 Å². The number of rotatable bonds is 5. The second kappa shape index (κ2) is 6.92. The van der Waals surface area contributed by atoms with E-state index >= 15 is 0 Å². The molecule has 1 aromatic heterocycles. The number of H-pyrrole nitrogens is 1. The van der Waals surface area contributed by atoms with Gasteiger partial charge >= 0.3 is 0 Å². The maximum atomic E-state index is 12.2. The minimum atomic E-state index is -0.142. The molecule has 112 valence electrons. The highest BCUT2D eigenvalue weighted by Crippen LogP contribution is 2.15. The van der Waals surface area contributed by atoms with Crippen molar-refractivity contribution in [2.75, 3.05) is 5.75 Å². The van der Waals surface area contributed by atoms with Crippen LogP contribution >= 0.6 is 11.8 Å². The number of thioether (sulfide) groups is 1. The standard InChI is InChI=1S/C14H23N3O2S/c1-8(2)17(9(3)4)12(18)7-20-14-15-11(6)10(5)13(19)16-14/h8-9H,7H2,1-6H3,(H,15,16,19). The summed E-state index contributed by atoms with van der Waals surface area (Å²) >= 11 is 1.27. The molecule has 1 N–H and O–H groups in total. The lowest BCUT2D eigenvalue weighted by atomic mass is 10.2. The van der Waals surface area contributed by atoms with Crippen molar-refractivity contribution in [3.8, 4) is 0 Å². The monoisotopic (exact) mass is 297 g/mol. The lowest BCUT2D eigenvalue weighted by molar-refractivity contribution is -0.131. The number of carbonyl (C=O) groups excluding carboxylic acids is 1. The molecule has 1 heterocycles. The van der Waals surface area contributed by atoms with Gasteiger partial charge < -0.3 is 9.88 Å². The molecule has 1 aromatic rings. The quantitative estimate of drug-likeness (QED) is 0.668. The van der Waals surface area contributed by atoms with E-state index in [0.29, 0.717) is 16.4 Å². The van der Waals surface area contributed by atoms with Crippen LogP contribution in [0.5, 0.6) is 0 Å². The first-order chi connectivity index (χ1) is 9.23. The van der Waals surface area contributed by atoms with Crippen molar-refractivity contribution >= 4 is 17.7 Å². The highest BCUT2D eigenvalue weighted by atomic mass is 32.2. The van der Waals surface area contributed by atoms with E-state index in [1.165, 1.54) is 11.8 Å². The second-order valence-electron chi connectivity index (χ2n) is 5.36. The topological polar surface area (TPSA) is 66.1 Å². The summed E-state index contributed by atoms with van der Waals surface area (Å²) in [5, 5.41) is 0.499. The maximum absolute atomic E-state index is 12.2. The molecular weight excluding hydrogens is 274 g/mol. The van der Waals surface area contributed by atoms with Crippen molar-refractivity contribution in [1.82, 2.24) is 14.9 Å². The second-order valence-corrected chi connectivity index (χ2v) is 6.32. The Balaban J connectivity index is 2.77. The molecule has 6 heteroatoms. The molecule has 0 unspecified atom stereocenters. The normalized spacial score (nSPS) is 11.2. The first kappa shape index (κ1) is 16.8. The Bertz CT molecular complexity index is 530. The van der Waals surface area contributed by atoms with Crippen LogP contribution in [0.15, 0.2) is 9.95 Å². The van der Waals surface area contributed by atoms with Gasteiger partial charge in [0.15, 0.2) is 5.16 Å². The highest BCUT2D eigenvalue weighted by Gasteiger charge is 2.20. The molecule has 0 saturated heterocycles. The first-order valence-corrected chi connectivity index (χ1v) is 7.74. The molecular formula is C14H23N3O2S. The van der Waals surface area contributed by atoms with Crippen molar-refractivity contribution in [1.29, 1.82) is 0 Å². The maximum Gasteiger partial charge on any atom is 0.254 e. The Morgan fingerprint density at radius 1 is 1.25 bits per heavy atom. The van der Waals surface area contributed by atoms with E-state index in [1.807, 2.05) is 32.6 Å². The summed E-state index contributed by atoms with van der Waals surface area (Å²) in [6, 6.07) is 0.324. The molecule has 5 nitrogen and oxygen atoms in total. The molecule has 0 aromatic carbocycles. The van der Waals surface area contributed by atoms with Crippen LogP contribution in [0.1, 0.15) is 39.0 Å². The fraction of sp³-hybridized carbons (Fsp3) is 0.643. The molecule has 0 fully saturated rings. The summed E-state index contributed by atoms with van der Waals surface area (Å²) in [7, 11) is 0. The van der Waals surface area contributed by atoms with Crippen molar-refractivity contribution < 1.29 is 4.79 Å².